The highest BCUT2D eigenvalue weighted by atomic mass is 31.2. The van der Waals surface area contributed by atoms with Crippen molar-refractivity contribution >= 4 is 46.1 Å². The van der Waals surface area contributed by atoms with E-state index < -0.39 is 14.3 Å². The van der Waals surface area contributed by atoms with Crippen LogP contribution in [0.3, 0.4) is 0 Å². The molecule has 2 aliphatic carbocycles. The molecular weight excluding hydrogens is 622 g/mol. The third-order valence-corrected chi connectivity index (χ3v) is 16.0. The summed E-state index contributed by atoms with van der Waals surface area (Å²) in [6, 6.07) is 52.6. The molecule has 0 aromatic heterocycles. The van der Waals surface area contributed by atoms with Crippen molar-refractivity contribution in [2.45, 2.75) is 51.4 Å². The first kappa shape index (κ1) is 32.3. The van der Waals surface area contributed by atoms with E-state index in [9.17, 15) is 9.13 Å². The predicted octanol–water partition coefficient (Wildman–Crippen LogP) is 8.41. The first-order valence-electron chi connectivity index (χ1n) is 17.2. The molecule has 6 aromatic rings. The Bertz CT molecular complexity index is 1830. The van der Waals surface area contributed by atoms with Gasteiger partial charge in [0.05, 0.1) is 0 Å². The highest BCUT2D eigenvalue weighted by molar-refractivity contribution is 7.85. The average molecular weight is 665 g/mol. The van der Waals surface area contributed by atoms with Crippen LogP contribution in [0.15, 0.2) is 158 Å². The number of rotatable bonds is 6. The van der Waals surface area contributed by atoms with Crippen molar-refractivity contribution in [1.29, 1.82) is 0 Å². The maximum atomic E-state index is 14.3. The summed E-state index contributed by atoms with van der Waals surface area (Å²) in [6.07, 6.45) is 9.50. The fourth-order valence-corrected chi connectivity index (χ4v) is 12.7. The lowest BCUT2D eigenvalue weighted by Crippen LogP contribution is -2.25. The van der Waals surface area contributed by atoms with Gasteiger partial charge >= 0.3 is 0 Å². The van der Waals surface area contributed by atoms with Crippen molar-refractivity contribution in [3.05, 3.63) is 180 Å². The molecule has 0 fully saturated rings. The molecule has 0 saturated heterocycles. The van der Waals surface area contributed by atoms with E-state index in [1.54, 1.807) is 0 Å². The standard InChI is InChI=1S/2C22H21OP/c2*23-24(20-11-3-1-4-12-20,21-13-5-2-6-14-21)22-16-15-18-9-7-8-10-19(18)17-22/h2*1-6,11-17H,7-10H2. The van der Waals surface area contributed by atoms with Gasteiger partial charge in [0.1, 0.15) is 0 Å². The lowest BCUT2D eigenvalue weighted by Gasteiger charge is -2.23. The monoisotopic (exact) mass is 664 g/mol. The van der Waals surface area contributed by atoms with Crippen LogP contribution in [0, 0.1) is 0 Å². The van der Waals surface area contributed by atoms with Crippen molar-refractivity contribution in [3.63, 3.8) is 0 Å². The Morgan fingerprint density at radius 3 is 0.854 bits per heavy atom. The van der Waals surface area contributed by atoms with Crippen molar-refractivity contribution in [1.82, 2.24) is 0 Å². The highest BCUT2D eigenvalue weighted by Crippen LogP contribution is 2.44. The lowest BCUT2D eigenvalue weighted by molar-refractivity contribution is 0.591. The SMILES string of the molecule is O=P(c1ccccc1)(c1ccccc1)c1ccc2c(c1)CCCC2.O=P(c1ccccc1)(c1ccccc1)c1ccc2c(c1)CCCC2. The van der Waals surface area contributed by atoms with E-state index in [1.807, 2.05) is 121 Å². The summed E-state index contributed by atoms with van der Waals surface area (Å²) >= 11 is 0. The van der Waals surface area contributed by atoms with Crippen LogP contribution in [-0.4, -0.2) is 0 Å². The molecule has 0 N–H and O–H groups in total. The summed E-state index contributed by atoms with van der Waals surface area (Å²) in [4.78, 5) is 0. The molecule has 0 aliphatic heterocycles. The Morgan fingerprint density at radius 2 is 0.562 bits per heavy atom. The Kier molecular flexibility index (Phi) is 9.76. The zero-order valence-corrected chi connectivity index (χ0v) is 29.2. The minimum absolute atomic E-state index is 0.909. The summed E-state index contributed by atoms with van der Waals surface area (Å²) in [5.74, 6) is 0. The van der Waals surface area contributed by atoms with Crippen LogP contribution in [0.2, 0.25) is 0 Å². The predicted molar refractivity (Wildman–Crippen MR) is 205 cm³/mol. The molecule has 0 saturated carbocycles. The normalized spacial score (nSPS) is 14.2. The van der Waals surface area contributed by atoms with Crippen molar-refractivity contribution in [2.24, 2.45) is 0 Å². The summed E-state index contributed by atoms with van der Waals surface area (Å²) in [6.45, 7) is 0. The molecule has 8 rings (SSSR count). The second kappa shape index (κ2) is 14.5. The summed E-state index contributed by atoms with van der Waals surface area (Å²) in [5, 5.41) is 5.55. The molecule has 0 amide bonds. The fraction of sp³-hybridized carbons (Fsp3) is 0.182. The zero-order valence-electron chi connectivity index (χ0n) is 27.4. The molecule has 4 heteroatoms. The van der Waals surface area contributed by atoms with Gasteiger partial charge in [0, 0.05) is 31.8 Å². The third-order valence-electron chi connectivity index (χ3n) is 9.87. The molecule has 0 atom stereocenters. The smallest absolute Gasteiger partial charge is 0.171 e. The van der Waals surface area contributed by atoms with Gasteiger partial charge < -0.3 is 9.13 Å². The molecule has 2 nitrogen and oxygen atoms in total. The second-order valence-electron chi connectivity index (χ2n) is 12.9. The van der Waals surface area contributed by atoms with E-state index in [4.69, 9.17) is 0 Å². The molecule has 0 radical (unpaired) electrons. The van der Waals surface area contributed by atoms with Gasteiger partial charge in [-0.3, -0.25) is 0 Å². The minimum atomic E-state index is -2.82. The third kappa shape index (κ3) is 6.45. The Hall–Kier alpha value is -4.22. The number of hydrogen-bond donors (Lipinski definition) is 0. The Morgan fingerprint density at radius 1 is 0.292 bits per heavy atom. The second-order valence-corrected chi connectivity index (χ2v) is 18.4. The van der Waals surface area contributed by atoms with Crippen molar-refractivity contribution in [3.8, 4) is 0 Å². The molecule has 0 unspecified atom stereocenters. The molecule has 2 aliphatic rings. The van der Waals surface area contributed by atoms with Gasteiger partial charge in [-0.15, -0.1) is 0 Å². The van der Waals surface area contributed by atoms with E-state index in [2.05, 4.69) is 36.4 Å². The molecule has 6 aromatic carbocycles. The van der Waals surface area contributed by atoms with Crippen LogP contribution >= 0.6 is 14.3 Å². The van der Waals surface area contributed by atoms with Gasteiger partial charge in [0.25, 0.3) is 0 Å². The summed E-state index contributed by atoms with van der Waals surface area (Å²) < 4.78 is 28.6. The molecule has 0 spiro atoms. The number of hydrogen-bond acceptors (Lipinski definition) is 2. The van der Waals surface area contributed by atoms with Gasteiger partial charge in [-0.25, -0.2) is 0 Å². The first-order valence-corrected chi connectivity index (χ1v) is 20.7. The van der Waals surface area contributed by atoms with Gasteiger partial charge in [-0.1, -0.05) is 146 Å². The van der Waals surface area contributed by atoms with E-state index in [0.717, 1.165) is 57.5 Å². The van der Waals surface area contributed by atoms with E-state index in [1.165, 1.54) is 47.9 Å². The van der Waals surface area contributed by atoms with E-state index in [-0.39, 0.29) is 0 Å². The topological polar surface area (TPSA) is 34.1 Å². The van der Waals surface area contributed by atoms with Crippen LogP contribution in [0.1, 0.15) is 47.9 Å². The van der Waals surface area contributed by atoms with Crippen LogP contribution in [0.4, 0.5) is 0 Å². The minimum Gasteiger partial charge on any atom is -0.309 e. The quantitative estimate of drug-likeness (QED) is 0.168. The molecular formula is C44H42O2P2. The Balaban J connectivity index is 0.000000152. The van der Waals surface area contributed by atoms with Gasteiger partial charge in [0.2, 0.25) is 0 Å². The first-order chi connectivity index (χ1) is 23.6. The maximum absolute atomic E-state index is 14.3. The van der Waals surface area contributed by atoms with Crippen LogP contribution in [-0.2, 0) is 34.8 Å². The summed E-state index contributed by atoms with van der Waals surface area (Å²) in [5.41, 5.74) is 5.62. The summed E-state index contributed by atoms with van der Waals surface area (Å²) in [7, 11) is -5.65. The van der Waals surface area contributed by atoms with Crippen molar-refractivity contribution < 1.29 is 9.13 Å². The molecule has 240 valence electrons. The number of aryl methyl sites for hydroxylation is 4. The van der Waals surface area contributed by atoms with Gasteiger partial charge in [-0.2, -0.15) is 0 Å². The zero-order chi connectivity index (χ0) is 32.8. The highest BCUT2D eigenvalue weighted by Gasteiger charge is 2.31. The largest absolute Gasteiger partial charge is 0.309 e. The number of fused-ring (bicyclic) bond motifs is 2. The molecule has 0 heterocycles. The van der Waals surface area contributed by atoms with Crippen LogP contribution in [0.5, 0.6) is 0 Å². The van der Waals surface area contributed by atoms with E-state index >= 15 is 0 Å². The van der Waals surface area contributed by atoms with Gasteiger partial charge in [0.15, 0.2) is 14.3 Å². The average Bonchev–Trinajstić information content (AvgIpc) is 3.18. The van der Waals surface area contributed by atoms with Gasteiger partial charge in [-0.05, 0) is 85.8 Å². The number of benzene rings is 6. The van der Waals surface area contributed by atoms with E-state index in [0.29, 0.717) is 0 Å². The fourth-order valence-electron chi connectivity index (χ4n) is 7.28. The Labute approximate surface area is 285 Å². The maximum Gasteiger partial charge on any atom is 0.171 e. The molecule has 0 bridgehead atoms. The lowest BCUT2D eigenvalue weighted by atomic mass is 9.92. The molecule has 48 heavy (non-hydrogen) atoms. The van der Waals surface area contributed by atoms with Crippen LogP contribution in [0.25, 0.3) is 0 Å². The van der Waals surface area contributed by atoms with Crippen LogP contribution < -0.4 is 31.8 Å². The van der Waals surface area contributed by atoms with Crippen molar-refractivity contribution in [2.75, 3.05) is 0 Å².